The molecule has 1 unspecified atom stereocenters. The molecule has 0 saturated heterocycles. The summed E-state index contributed by atoms with van der Waals surface area (Å²) in [5, 5.41) is 2.45. The highest BCUT2D eigenvalue weighted by molar-refractivity contribution is 5.83. The summed E-state index contributed by atoms with van der Waals surface area (Å²) >= 11 is 0. The van der Waals surface area contributed by atoms with Gasteiger partial charge in [-0.1, -0.05) is 42.5 Å². The van der Waals surface area contributed by atoms with Gasteiger partial charge in [-0.3, -0.25) is 4.98 Å². The predicted octanol–water partition coefficient (Wildman–Crippen LogP) is 3.28. The summed E-state index contributed by atoms with van der Waals surface area (Å²) in [5.74, 6) is 0. The number of benzene rings is 2. The van der Waals surface area contributed by atoms with Crippen molar-refractivity contribution in [2.24, 2.45) is 5.73 Å². The van der Waals surface area contributed by atoms with Gasteiger partial charge in [0.15, 0.2) is 0 Å². The van der Waals surface area contributed by atoms with E-state index < -0.39 is 0 Å². The van der Waals surface area contributed by atoms with Crippen molar-refractivity contribution in [3.05, 3.63) is 78.1 Å². The SMILES string of the molecule is NC(c1cccnc1)c1ccc2ccccc2c1. The molecule has 0 spiro atoms. The number of nitrogens with zero attached hydrogens (tertiary/aromatic N) is 1. The number of fused-ring (bicyclic) bond motifs is 1. The molecule has 1 heterocycles. The standard InChI is InChI=1S/C16H14N2/c17-16(15-6-3-9-18-11-15)14-8-7-12-4-1-2-5-13(12)10-14/h1-11,16H,17H2. The smallest absolute Gasteiger partial charge is 0.0567 e. The Bertz CT molecular complexity index is 662. The molecule has 0 aliphatic carbocycles. The minimum absolute atomic E-state index is 0.122. The molecule has 2 heteroatoms. The van der Waals surface area contributed by atoms with Crippen LogP contribution in [0.2, 0.25) is 0 Å². The lowest BCUT2D eigenvalue weighted by atomic mass is 9.98. The van der Waals surface area contributed by atoms with Crippen molar-refractivity contribution in [1.82, 2.24) is 4.98 Å². The second-order valence-electron chi connectivity index (χ2n) is 4.37. The Hall–Kier alpha value is -2.19. The largest absolute Gasteiger partial charge is 0.320 e. The van der Waals surface area contributed by atoms with Crippen molar-refractivity contribution < 1.29 is 0 Å². The zero-order valence-electron chi connectivity index (χ0n) is 9.95. The summed E-state index contributed by atoms with van der Waals surface area (Å²) in [6.07, 6.45) is 3.58. The van der Waals surface area contributed by atoms with Crippen LogP contribution in [0.15, 0.2) is 67.0 Å². The Labute approximate surface area is 106 Å². The van der Waals surface area contributed by atoms with Crippen molar-refractivity contribution in [2.75, 3.05) is 0 Å². The van der Waals surface area contributed by atoms with Crippen LogP contribution in [0.25, 0.3) is 10.8 Å². The molecule has 2 nitrogen and oxygen atoms in total. The first-order valence-electron chi connectivity index (χ1n) is 5.99. The number of nitrogens with two attached hydrogens (primary N) is 1. The van der Waals surface area contributed by atoms with Gasteiger partial charge in [0.25, 0.3) is 0 Å². The van der Waals surface area contributed by atoms with Gasteiger partial charge in [-0.25, -0.2) is 0 Å². The van der Waals surface area contributed by atoms with Crippen LogP contribution in [0, 0.1) is 0 Å². The third-order valence-electron chi connectivity index (χ3n) is 3.18. The Kier molecular flexibility index (Phi) is 2.79. The quantitative estimate of drug-likeness (QED) is 0.739. The number of hydrogen-bond donors (Lipinski definition) is 1. The van der Waals surface area contributed by atoms with Crippen LogP contribution in [0.4, 0.5) is 0 Å². The zero-order chi connectivity index (χ0) is 12.4. The van der Waals surface area contributed by atoms with Crippen LogP contribution in [-0.2, 0) is 0 Å². The van der Waals surface area contributed by atoms with E-state index in [1.807, 2.05) is 30.5 Å². The normalized spacial score (nSPS) is 12.5. The first kappa shape index (κ1) is 10.9. The average Bonchev–Trinajstić information content (AvgIpc) is 2.47. The van der Waals surface area contributed by atoms with Gasteiger partial charge in [0.2, 0.25) is 0 Å². The summed E-state index contributed by atoms with van der Waals surface area (Å²) < 4.78 is 0. The topological polar surface area (TPSA) is 38.9 Å². The molecule has 18 heavy (non-hydrogen) atoms. The van der Waals surface area contributed by atoms with Crippen LogP contribution < -0.4 is 5.73 Å². The minimum atomic E-state index is -0.122. The van der Waals surface area contributed by atoms with Crippen LogP contribution in [0.3, 0.4) is 0 Å². The van der Waals surface area contributed by atoms with Gasteiger partial charge < -0.3 is 5.73 Å². The van der Waals surface area contributed by atoms with E-state index in [2.05, 4.69) is 35.3 Å². The van der Waals surface area contributed by atoms with E-state index in [1.54, 1.807) is 6.20 Å². The molecule has 2 aromatic carbocycles. The number of aromatic nitrogens is 1. The Morgan fingerprint density at radius 2 is 1.67 bits per heavy atom. The van der Waals surface area contributed by atoms with Crippen molar-refractivity contribution in [3.8, 4) is 0 Å². The van der Waals surface area contributed by atoms with E-state index in [9.17, 15) is 0 Å². The first-order chi connectivity index (χ1) is 8.84. The van der Waals surface area contributed by atoms with Gasteiger partial charge >= 0.3 is 0 Å². The molecule has 3 rings (SSSR count). The van der Waals surface area contributed by atoms with Gasteiger partial charge in [-0.2, -0.15) is 0 Å². The lowest BCUT2D eigenvalue weighted by molar-refractivity contribution is 0.865. The van der Waals surface area contributed by atoms with Crippen molar-refractivity contribution in [2.45, 2.75) is 6.04 Å². The van der Waals surface area contributed by atoms with Crippen molar-refractivity contribution in [3.63, 3.8) is 0 Å². The van der Waals surface area contributed by atoms with E-state index >= 15 is 0 Å². The van der Waals surface area contributed by atoms with Crippen LogP contribution in [0.5, 0.6) is 0 Å². The second kappa shape index (κ2) is 4.59. The summed E-state index contributed by atoms with van der Waals surface area (Å²) in [5.41, 5.74) is 8.41. The summed E-state index contributed by atoms with van der Waals surface area (Å²) in [6, 6.07) is 18.4. The van der Waals surface area contributed by atoms with Gasteiger partial charge in [0.05, 0.1) is 6.04 Å². The van der Waals surface area contributed by atoms with Crippen molar-refractivity contribution in [1.29, 1.82) is 0 Å². The third-order valence-corrected chi connectivity index (χ3v) is 3.18. The number of hydrogen-bond acceptors (Lipinski definition) is 2. The van der Waals surface area contributed by atoms with Crippen LogP contribution >= 0.6 is 0 Å². The van der Waals surface area contributed by atoms with Crippen LogP contribution in [-0.4, -0.2) is 4.98 Å². The Morgan fingerprint density at radius 1 is 0.833 bits per heavy atom. The fourth-order valence-electron chi connectivity index (χ4n) is 2.15. The van der Waals surface area contributed by atoms with E-state index in [4.69, 9.17) is 5.73 Å². The fraction of sp³-hybridized carbons (Fsp3) is 0.0625. The van der Waals surface area contributed by atoms with E-state index in [1.165, 1.54) is 10.8 Å². The maximum Gasteiger partial charge on any atom is 0.0567 e. The van der Waals surface area contributed by atoms with E-state index in [0.29, 0.717) is 0 Å². The maximum atomic E-state index is 6.27. The van der Waals surface area contributed by atoms with E-state index in [0.717, 1.165) is 11.1 Å². The molecule has 0 fully saturated rings. The molecule has 1 aromatic heterocycles. The lowest BCUT2D eigenvalue weighted by Crippen LogP contribution is -2.11. The maximum absolute atomic E-state index is 6.27. The highest BCUT2D eigenvalue weighted by Crippen LogP contribution is 2.23. The van der Waals surface area contributed by atoms with Crippen molar-refractivity contribution >= 4 is 10.8 Å². The molecule has 0 radical (unpaired) electrons. The molecule has 0 aliphatic heterocycles. The molecular formula is C16H14N2. The minimum Gasteiger partial charge on any atom is -0.320 e. The van der Waals surface area contributed by atoms with Gasteiger partial charge in [-0.05, 0) is 34.0 Å². The second-order valence-corrected chi connectivity index (χ2v) is 4.37. The molecule has 88 valence electrons. The number of pyridine rings is 1. The van der Waals surface area contributed by atoms with Crippen LogP contribution in [0.1, 0.15) is 17.2 Å². The van der Waals surface area contributed by atoms with Gasteiger partial charge in [0, 0.05) is 12.4 Å². The summed E-state index contributed by atoms with van der Waals surface area (Å²) in [4.78, 5) is 4.11. The zero-order valence-corrected chi connectivity index (χ0v) is 9.95. The monoisotopic (exact) mass is 234 g/mol. The average molecular weight is 234 g/mol. The molecule has 0 saturated carbocycles. The molecule has 2 N–H and O–H groups in total. The third kappa shape index (κ3) is 1.98. The van der Waals surface area contributed by atoms with Gasteiger partial charge in [0.1, 0.15) is 0 Å². The number of rotatable bonds is 2. The molecular weight excluding hydrogens is 220 g/mol. The molecule has 1 atom stereocenters. The predicted molar refractivity (Wildman–Crippen MR) is 74.2 cm³/mol. The Morgan fingerprint density at radius 3 is 2.44 bits per heavy atom. The Balaban J connectivity index is 2.04. The van der Waals surface area contributed by atoms with Gasteiger partial charge in [-0.15, -0.1) is 0 Å². The highest BCUT2D eigenvalue weighted by Gasteiger charge is 2.08. The molecule has 0 bridgehead atoms. The molecule has 0 amide bonds. The first-order valence-corrected chi connectivity index (χ1v) is 5.99. The highest BCUT2D eigenvalue weighted by atomic mass is 14.7. The summed E-state index contributed by atoms with van der Waals surface area (Å²) in [7, 11) is 0. The molecule has 3 aromatic rings. The summed E-state index contributed by atoms with van der Waals surface area (Å²) in [6.45, 7) is 0. The molecule has 0 aliphatic rings. The lowest BCUT2D eigenvalue weighted by Gasteiger charge is -2.12. The fourth-order valence-corrected chi connectivity index (χ4v) is 2.15. The van der Waals surface area contributed by atoms with E-state index in [-0.39, 0.29) is 6.04 Å².